The van der Waals surface area contributed by atoms with E-state index in [0.29, 0.717) is 6.42 Å². The first-order valence-electron chi connectivity index (χ1n) is 3.96. The molecule has 0 aliphatic carbocycles. The molecule has 3 heteroatoms. The van der Waals surface area contributed by atoms with Crippen LogP contribution in [0.25, 0.3) is 10.9 Å². The third-order valence-electron chi connectivity index (χ3n) is 1.83. The van der Waals surface area contributed by atoms with Gasteiger partial charge in [-0.25, -0.2) is 0 Å². The van der Waals surface area contributed by atoms with Crippen LogP contribution in [0, 0.1) is 11.3 Å². The van der Waals surface area contributed by atoms with Crippen LogP contribution in [-0.4, -0.2) is 9.97 Å². The highest BCUT2D eigenvalue weighted by Gasteiger charge is 1.96. The highest BCUT2D eigenvalue weighted by atomic mass is 14.7. The fourth-order valence-electron chi connectivity index (χ4n) is 1.20. The first-order chi connectivity index (χ1) is 6.40. The highest BCUT2D eigenvalue weighted by molar-refractivity contribution is 5.77. The normalized spacial score (nSPS) is 9.77. The van der Waals surface area contributed by atoms with Gasteiger partial charge in [-0.05, 0) is 17.7 Å². The third-order valence-corrected chi connectivity index (χ3v) is 1.83. The van der Waals surface area contributed by atoms with Gasteiger partial charge in [-0.3, -0.25) is 9.97 Å². The van der Waals surface area contributed by atoms with E-state index >= 15 is 0 Å². The van der Waals surface area contributed by atoms with Crippen molar-refractivity contribution in [1.82, 2.24) is 9.97 Å². The van der Waals surface area contributed by atoms with Gasteiger partial charge in [0.25, 0.3) is 0 Å². The van der Waals surface area contributed by atoms with Crippen LogP contribution >= 0.6 is 0 Å². The van der Waals surface area contributed by atoms with Crippen LogP contribution in [0.3, 0.4) is 0 Å². The molecular weight excluding hydrogens is 162 g/mol. The second kappa shape index (κ2) is 3.20. The van der Waals surface area contributed by atoms with Gasteiger partial charge >= 0.3 is 0 Å². The summed E-state index contributed by atoms with van der Waals surface area (Å²) in [4.78, 5) is 8.15. The molecule has 0 radical (unpaired) electrons. The Balaban J connectivity index is 2.57. The van der Waals surface area contributed by atoms with Crippen LogP contribution in [0.5, 0.6) is 0 Å². The quantitative estimate of drug-likeness (QED) is 0.652. The van der Waals surface area contributed by atoms with Crippen molar-refractivity contribution in [3.63, 3.8) is 0 Å². The minimum Gasteiger partial charge on any atom is -0.262 e. The van der Waals surface area contributed by atoms with Crippen molar-refractivity contribution >= 4 is 10.9 Å². The summed E-state index contributed by atoms with van der Waals surface area (Å²) in [7, 11) is 0. The van der Waals surface area contributed by atoms with Crippen molar-refractivity contribution in [2.24, 2.45) is 0 Å². The van der Waals surface area contributed by atoms with Gasteiger partial charge in [0.05, 0.1) is 24.2 Å². The summed E-state index contributed by atoms with van der Waals surface area (Å²) in [5, 5.41) is 9.53. The van der Waals surface area contributed by atoms with Crippen LogP contribution in [0.4, 0.5) is 0 Å². The van der Waals surface area contributed by atoms with E-state index in [-0.39, 0.29) is 0 Å². The molecule has 0 spiro atoms. The molecule has 13 heavy (non-hydrogen) atoms. The Morgan fingerprint density at radius 2 is 2.31 bits per heavy atom. The standard InChI is InChI=1S/C10H7N3/c11-3-1-8-5-9-2-4-12-7-10(9)13-6-8/h2,4-7H,1H2. The Labute approximate surface area is 75.7 Å². The maximum Gasteiger partial charge on any atom is 0.0885 e. The second-order valence-corrected chi connectivity index (χ2v) is 2.75. The van der Waals surface area contributed by atoms with Gasteiger partial charge in [0.2, 0.25) is 0 Å². The molecule has 0 aliphatic heterocycles. The van der Waals surface area contributed by atoms with Gasteiger partial charge in [0, 0.05) is 17.8 Å². The minimum atomic E-state index is 0.408. The zero-order valence-electron chi connectivity index (χ0n) is 6.94. The Morgan fingerprint density at radius 1 is 1.38 bits per heavy atom. The average Bonchev–Trinajstić information content (AvgIpc) is 2.18. The molecule has 0 N–H and O–H groups in total. The molecule has 0 saturated heterocycles. The lowest BCUT2D eigenvalue weighted by Crippen LogP contribution is -1.85. The fraction of sp³-hybridized carbons (Fsp3) is 0.100. The van der Waals surface area contributed by atoms with Crippen molar-refractivity contribution in [3.8, 4) is 6.07 Å². The van der Waals surface area contributed by atoms with E-state index in [4.69, 9.17) is 5.26 Å². The van der Waals surface area contributed by atoms with Crippen LogP contribution in [0.1, 0.15) is 5.56 Å². The van der Waals surface area contributed by atoms with Crippen LogP contribution in [0.15, 0.2) is 30.7 Å². The number of hydrogen-bond acceptors (Lipinski definition) is 3. The zero-order valence-corrected chi connectivity index (χ0v) is 6.94. The minimum absolute atomic E-state index is 0.408. The Morgan fingerprint density at radius 3 is 3.15 bits per heavy atom. The number of aromatic nitrogens is 2. The molecular formula is C10H7N3. The fourth-order valence-corrected chi connectivity index (χ4v) is 1.20. The summed E-state index contributed by atoms with van der Waals surface area (Å²) in [6.45, 7) is 0. The topological polar surface area (TPSA) is 49.6 Å². The SMILES string of the molecule is N#CCc1cnc2cnccc2c1. The van der Waals surface area contributed by atoms with Crippen LogP contribution < -0.4 is 0 Å². The zero-order chi connectivity index (χ0) is 9.10. The van der Waals surface area contributed by atoms with Gasteiger partial charge in [-0.1, -0.05) is 0 Å². The summed E-state index contributed by atoms with van der Waals surface area (Å²) in [5.74, 6) is 0. The number of nitriles is 1. The molecule has 3 nitrogen and oxygen atoms in total. The van der Waals surface area contributed by atoms with Crippen molar-refractivity contribution in [1.29, 1.82) is 5.26 Å². The summed E-state index contributed by atoms with van der Waals surface area (Å²) >= 11 is 0. The van der Waals surface area contributed by atoms with E-state index in [1.54, 1.807) is 18.6 Å². The molecule has 0 bridgehead atoms. The van der Waals surface area contributed by atoms with Crippen molar-refractivity contribution in [2.75, 3.05) is 0 Å². The van der Waals surface area contributed by atoms with Gasteiger partial charge in [-0.2, -0.15) is 5.26 Å². The first-order valence-corrected chi connectivity index (χ1v) is 3.96. The van der Waals surface area contributed by atoms with E-state index in [1.165, 1.54) is 0 Å². The van der Waals surface area contributed by atoms with E-state index in [0.717, 1.165) is 16.5 Å². The summed E-state index contributed by atoms with van der Waals surface area (Å²) in [5.41, 5.74) is 1.81. The molecule has 62 valence electrons. The Hall–Kier alpha value is -1.95. The molecule has 0 fully saturated rings. The molecule has 0 aliphatic rings. The number of hydrogen-bond donors (Lipinski definition) is 0. The lowest BCUT2D eigenvalue weighted by Gasteiger charge is -1.97. The van der Waals surface area contributed by atoms with Gasteiger partial charge in [0.15, 0.2) is 0 Å². The van der Waals surface area contributed by atoms with Crippen LogP contribution in [0.2, 0.25) is 0 Å². The first kappa shape index (κ1) is 7.69. The number of pyridine rings is 2. The summed E-state index contributed by atoms with van der Waals surface area (Å²) in [6.07, 6.45) is 5.56. The van der Waals surface area contributed by atoms with Gasteiger partial charge < -0.3 is 0 Å². The summed E-state index contributed by atoms with van der Waals surface area (Å²) in [6, 6.07) is 5.95. The van der Waals surface area contributed by atoms with E-state index in [1.807, 2.05) is 12.1 Å². The lowest BCUT2D eigenvalue weighted by molar-refractivity contribution is 1.21. The van der Waals surface area contributed by atoms with Crippen molar-refractivity contribution in [3.05, 3.63) is 36.3 Å². The number of fused-ring (bicyclic) bond motifs is 1. The maximum absolute atomic E-state index is 8.50. The van der Waals surface area contributed by atoms with E-state index < -0.39 is 0 Å². The number of rotatable bonds is 1. The molecule has 2 aromatic rings. The Kier molecular flexibility index (Phi) is 1.89. The predicted octanol–water partition coefficient (Wildman–Crippen LogP) is 1.70. The Bertz CT molecular complexity index is 471. The largest absolute Gasteiger partial charge is 0.262 e. The maximum atomic E-state index is 8.50. The smallest absolute Gasteiger partial charge is 0.0885 e. The molecule has 0 amide bonds. The van der Waals surface area contributed by atoms with Crippen LogP contribution in [-0.2, 0) is 6.42 Å². The van der Waals surface area contributed by atoms with Crippen molar-refractivity contribution in [2.45, 2.75) is 6.42 Å². The molecule has 2 rings (SSSR count). The molecule has 2 heterocycles. The monoisotopic (exact) mass is 169 g/mol. The molecule has 0 unspecified atom stereocenters. The summed E-state index contributed by atoms with van der Waals surface area (Å²) < 4.78 is 0. The third kappa shape index (κ3) is 1.47. The molecule has 0 saturated carbocycles. The number of nitrogens with zero attached hydrogens (tertiary/aromatic N) is 3. The molecule has 2 aromatic heterocycles. The van der Waals surface area contributed by atoms with Crippen molar-refractivity contribution < 1.29 is 0 Å². The van der Waals surface area contributed by atoms with E-state index in [2.05, 4.69) is 16.0 Å². The van der Waals surface area contributed by atoms with E-state index in [9.17, 15) is 0 Å². The second-order valence-electron chi connectivity index (χ2n) is 2.75. The predicted molar refractivity (Wildman–Crippen MR) is 48.9 cm³/mol. The lowest BCUT2D eigenvalue weighted by atomic mass is 10.1. The van der Waals surface area contributed by atoms with Gasteiger partial charge in [0.1, 0.15) is 0 Å². The average molecular weight is 169 g/mol. The van der Waals surface area contributed by atoms with Gasteiger partial charge in [-0.15, -0.1) is 0 Å². The molecule has 0 aromatic carbocycles. The highest BCUT2D eigenvalue weighted by Crippen LogP contribution is 2.11. The molecule has 0 atom stereocenters.